The highest BCUT2D eigenvalue weighted by atomic mass is 15.0. The summed E-state index contributed by atoms with van der Waals surface area (Å²) in [6, 6.07) is 8.68. The Hall–Kier alpha value is -1.61. The molecule has 2 rings (SSSR count). The number of benzene rings is 1. The van der Waals surface area contributed by atoms with Crippen LogP contribution >= 0.6 is 0 Å². The number of H-pyrrole nitrogens is 1. The molecule has 0 spiro atoms. The van der Waals surface area contributed by atoms with Crippen molar-refractivity contribution < 1.29 is 0 Å². The lowest BCUT2D eigenvalue weighted by atomic mass is 10.0. The van der Waals surface area contributed by atoms with Gasteiger partial charge in [0.1, 0.15) is 5.82 Å². The van der Waals surface area contributed by atoms with E-state index in [9.17, 15) is 0 Å². The maximum atomic E-state index is 4.63. The Morgan fingerprint density at radius 2 is 1.89 bits per heavy atom. The summed E-state index contributed by atoms with van der Waals surface area (Å²) in [7, 11) is 1.93. The Morgan fingerprint density at radius 3 is 2.44 bits per heavy atom. The topological polar surface area (TPSA) is 40.7 Å². The van der Waals surface area contributed by atoms with Crippen LogP contribution in [0, 0.1) is 6.92 Å². The van der Waals surface area contributed by atoms with Crippen molar-refractivity contribution in [3.8, 4) is 11.3 Å². The molecule has 0 aliphatic heterocycles. The van der Waals surface area contributed by atoms with E-state index in [1.54, 1.807) is 0 Å². The van der Waals surface area contributed by atoms with E-state index in [-0.39, 0.29) is 0 Å². The molecule has 0 aliphatic carbocycles. The van der Waals surface area contributed by atoms with Gasteiger partial charge in [0.2, 0.25) is 0 Å². The predicted octanol–water partition coefficient (Wildman–Crippen LogP) is 3.23. The minimum atomic E-state index is 0.569. The van der Waals surface area contributed by atoms with Gasteiger partial charge in [-0.05, 0) is 25.5 Å². The lowest BCUT2D eigenvalue weighted by Crippen LogP contribution is -2.06. The zero-order valence-corrected chi connectivity index (χ0v) is 11.5. The number of hydrogen-bond donors (Lipinski definition) is 2. The molecule has 3 nitrogen and oxygen atoms in total. The number of rotatable bonds is 4. The van der Waals surface area contributed by atoms with Crippen molar-refractivity contribution in [2.24, 2.45) is 0 Å². The van der Waals surface area contributed by atoms with Crippen molar-refractivity contribution in [1.82, 2.24) is 15.3 Å². The number of aromatic nitrogens is 2. The predicted molar refractivity (Wildman–Crippen MR) is 75.6 cm³/mol. The molecule has 1 aromatic heterocycles. The molecule has 1 aromatic carbocycles. The van der Waals surface area contributed by atoms with Crippen LogP contribution in [-0.4, -0.2) is 17.0 Å². The van der Waals surface area contributed by atoms with Crippen LogP contribution in [0.15, 0.2) is 24.3 Å². The van der Waals surface area contributed by atoms with E-state index in [1.807, 2.05) is 7.05 Å². The van der Waals surface area contributed by atoms with Gasteiger partial charge >= 0.3 is 0 Å². The van der Waals surface area contributed by atoms with Crippen LogP contribution < -0.4 is 5.32 Å². The fourth-order valence-electron chi connectivity index (χ4n) is 2.08. The van der Waals surface area contributed by atoms with E-state index in [4.69, 9.17) is 0 Å². The molecule has 2 N–H and O–H groups in total. The maximum absolute atomic E-state index is 4.63. The van der Waals surface area contributed by atoms with Crippen LogP contribution in [0.25, 0.3) is 11.3 Å². The van der Waals surface area contributed by atoms with E-state index in [0.29, 0.717) is 5.92 Å². The van der Waals surface area contributed by atoms with Crippen LogP contribution in [0.5, 0.6) is 0 Å². The molecule has 96 valence electrons. The van der Waals surface area contributed by atoms with Crippen molar-refractivity contribution in [1.29, 1.82) is 0 Å². The molecule has 0 amide bonds. The minimum Gasteiger partial charge on any atom is -0.344 e. The van der Waals surface area contributed by atoms with Crippen molar-refractivity contribution >= 4 is 0 Å². The first-order chi connectivity index (χ1) is 8.61. The van der Waals surface area contributed by atoms with Crippen molar-refractivity contribution in [3.63, 3.8) is 0 Å². The summed E-state index contributed by atoms with van der Waals surface area (Å²) >= 11 is 0. The molecule has 0 saturated carbocycles. The largest absolute Gasteiger partial charge is 0.344 e. The molecule has 18 heavy (non-hydrogen) atoms. The molecular formula is C15H21N3. The molecule has 3 heteroatoms. The second-order valence-electron chi connectivity index (χ2n) is 4.96. The van der Waals surface area contributed by atoms with Gasteiger partial charge in [-0.1, -0.05) is 38.1 Å². The first kappa shape index (κ1) is 12.8. The fraction of sp³-hybridized carbons (Fsp3) is 0.400. The van der Waals surface area contributed by atoms with Gasteiger partial charge < -0.3 is 10.3 Å². The molecule has 0 atom stereocenters. The Balaban J connectivity index is 2.30. The summed E-state index contributed by atoms with van der Waals surface area (Å²) in [6.07, 6.45) is 0. The Morgan fingerprint density at radius 1 is 1.22 bits per heavy atom. The van der Waals surface area contributed by atoms with E-state index in [2.05, 4.69) is 60.3 Å². The van der Waals surface area contributed by atoms with Crippen LogP contribution in [-0.2, 0) is 6.54 Å². The second kappa shape index (κ2) is 5.36. The first-order valence-corrected chi connectivity index (χ1v) is 6.42. The Bertz CT molecular complexity index is 509. The molecule has 0 saturated heterocycles. The fourth-order valence-corrected chi connectivity index (χ4v) is 2.08. The molecular weight excluding hydrogens is 222 g/mol. The quantitative estimate of drug-likeness (QED) is 0.865. The Labute approximate surface area is 109 Å². The lowest BCUT2D eigenvalue weighted by Gasteiger charge is -2.06. The third kappa shape index (κ3) is 2.62. The van der Waals surface area contributed by atoms with Crippen LogP contribution in [0.4, 0.5) is 0 Å². The summed E-state index contributed by atoms with van der Waals surface area (Å²) in [5, 5.41) is 3.11. The highest BCUT2D eigenvalue weighted by molar-refractivity contribution is 5.62. The average Bonchev–Trinajstić information content (AvgIpc) is 2.71. The summed E-state index contributed by atoms with van der Waals surface area (Å²) in [5.41, 5.74) is 4.71. The Kier molecular flexibility index (Phi) is 3.82. The first-order valence-electron chi connectivity index (χ1n) is 6.42. The van der Waals surface area contributed by atoms with E-state index in [1.165, 1.54) is 11.1 Å². The van der Waals surface area contributed by atoms with Gasteiger partial charge in [0.25, 0.3) is 0 Å². The molecule has 0 radical (unpaired) electrons. The van der Waals surface area contributed by atoms with Gasteiger partial charge in [-0.3, -0.25) is 0 Å². The normalized spacial score (nSPS) is 11.2. The van der Waals surface area contributed by atoms with Crippen molar-refractivity contribution in [3.05, 3.63) is 41.3 Å². The average molecular weight is 243 g/mol. The lowest BCUT2D eigenvalue weighted by molar-refractivity contribution is 0.770. The van der Waals surface area contributed by atoms with Gasteiger partial charge in [-0.2, -0.15) is 0 Å². The standard InChI is InChI=1S/C15H21N3/c1-10(2)12-5-7-13(8-6-12)15-11(3)17-14(18-15)9-16-4/h5-8,10,16H,9H2,1-4H3,(H,17,18). The van der Waals surface area contributed by atoms with E-state index >= 15 is 0 Å². The summed E-state index contributed by atoms with van der Waals surface area (Å²) in [4.78, 5) is 7.93. The molecule has 0 aliphatic rings. The SMILES string of the molecule is CNCc1nc(-c2ccc(C(C)C)cc2)c(C)[nH]1. The number of nitrogens with one attached hydrogen (secondary N) is 2. The van der Waals surface area contributed by atoms with E-state index < -0.39 is 0 Å². The smallest absolute Gasteiger partial charge is 0.121 e. The van der Waals surface area contributed by atoms with Crippen molar-refractivity contribution in [2.75, 3.05) is 7.05 Å². The van der Waals surface area contributed by atoms with Gasteiger partial charge in [0.15, 0.2) is 0 Å². The minimum absolute atomic E-state index is 0.569. The molecule has 2 aromatic rings. The number of nitrogens with zero attached hydrogens (tertiary/aromatic N) is 1. The van der Waals surface area contributed by atoms with Crippen molar-refractivity contribution in [2.45, 2.75) is 33.2 Å². The zero-order valence-electron chi connectivity index (χ0n) is 11.5. The molecule has 0 bridgehead atoms. The number of aromatic amines is 1. The van der Waals surface area contributed by atoms with Gasteiger partial charge in [-0.25, -0.2) is 4.98 Å². The van der Waals surface area contributed by atoms with Crippen LogP contribution in [0.3, 0.4) is 0 Å². The van der Waals surface area contributed by atoms with Crippen LogP contribution in [0.2, 0.25) is 0 Å². The van der Waals surface area contributed by atoms with Gasteiger partial charge in [0, 0.05) is 11.3 Å². The maximum Gasteiger partial charge on any atom is 0.121 e. The molecule has 0 unspecified atom stereocenters. The summed E-state index contributed by atoms with van der Waals surface area (Å²) < 4.78 is 0. The second-order valence-corrected chi connectivity index (χ2v) is 4.96. The third-order valence-corrected chi connectivity index (χ3v) is 3.13. The highest BCUT2D eigenvalue weighted by Crippen LogP contribution is 2.23. The summed E-state index contributed by atoms with van der Waals surface area (Å²) in [5.74, 6) is 1.55. The molecule has 0 fully saturated rings. The monoisotopic (exact) mass is 243 g/mol. The van der Waals surface area contributed by atoms with Gasteiger partial charge in [-0.15, -0.1) is 0 Å². The van der Waals surface area contributed by atoms with E-state index in [0.717, 1.165) is 23.8 Å². The number of imidazole rings is 1. The van der Waals surface area contributed by atoms with Gasteiger partial charge in [0.05, 0.1) is 12.2 Å². The highest BCUT2D eigenvalue weighted by Gasteiger charge is 2.08. The van der Waals surface area contributed by atoms with Crippen LogP contribution in [0.1, 0.15) is 36.8 Å². The zero-order chi connectivity index (χ0) is 13.1. The molecule has 1 heterocycles. The third-order valence-electron chi connectivity index (χ3n) is 3.13. The number of aryl methyl sites for hydroxylation is 1. The number of hydrogen-bond acceptors (Lipinski definition) is 2. The summed E-state index contributed by atoms with van der Waals surface area (Å²) in [6.45, 7) is 7.25.